The van der Waals surface area contributed by atoms with Gasteiger partial charge in [0, 0.05) is 25.6 Å². The fourth-order valence-electron chi connectivity index (χ4n) is 1.69. The summed E-state index contributed by atoms with van der Waals surface area (Å²) in [5.74, 6) is 0.867. The average Bonchev–Trinajstić information content (AvgIpc) is 2.23. The highest BCUT2D eigenvalue weighted by Crippen LogP contribution is 2.27. The number of pyridine rings is 1. The van der Waals surface area contributed by atoms with Crippen LogP contribution in [0.5, 0.6) is 5.75 Å². The normalized spacial score (nSPS) is 24.7. The molecule has 0 spiro atoms. The minimum absolute atomic E-state index is 0.309. The molecule has 1 aromatic rings. The zero-order valence-electron chi connectivity index (χ0n) is 9.27. The molecule has 0 saturated heterocycles. The van der Waals surface area contributed by atoms with Crippen molar-refractivity contribution in [1.82, 2.24) is 4.98 Å². The van der Waals surface area contributed by atoms with Gasteiger partial charge in [0.2, 0.25) is 0 Å². The molecule has 0 radical (unpaired) electrons. The zero-order chi connectivity index (χ0) is 10.7. The van der Waals surface area contributed by atoms with Crippen molar-refractivity contribution < 1.29 is 9.47 Å². The van der Waals surface area contributed by atoms with E-state index in [9.17, 15) is 0 Å². The molecule has 82 valence electrons. The van der Waals surface area contributed by atoms with E-state index in [-0.39, 0.29) is 0 Å². The van der Waals surface area contributed by atoms with Gasteiger partial charge in [-0.25, -0.2) is 0 Å². The van der Waals surface area contributed by atoms with Crippen molar-refractivity contribution >= 4 is 0 Å². The molecule has 1 aliphatic rings. The van der Waals surface area contributed by atoms with E-state index in [4.69, 9.17) is 9.47 Å². The molecule has 1 saturated carbocycles. The Bertz CT molecular complexity index is 304. The van der Waals surface area contributed by atoms with Crippen LogP contribution in [0.1, 0.15) is 25.5 Å². The zero-order valence-corrected chi connectivity index (χ0v) is 9.27. The SMILES string of the molecule is CCc1ccc(OC2CC(OC)C2)cn1. The van der Waals surface area contributed by atoms with Crippen LogP contribution in [-0.4, -0.2) is 24.3 Å². The van der Waals surface area contributed by atoms with Gasteiger partial charge in [0.1, 0.15) is 11.9 Å². The highest BCUT2D eigenvalue weighted by atomic mass is 16.5. The van der Waals surface area contributed by atoms with Crippen molar-refractivity contribution in [3.8, 4) is 5.75 Å². The van der Waals surface area contributed by atoms with Crippen molar-refractivity contribution in [3.05, 3.63) is 24.0 Å². The third kappa shape index (κ3) is 2.48. The summed E-state index contributed by atoms with van der Waals surface area (Å²) in [4.78, 5) is 4.29. The largest absolute Gasteiger partial charge is 0.489 e. The molecule has 15 heavy (non-hydrogen) atoms. The standard InChI is InChI=1S/C12H17NO2/c1-3-9-4-5-10(8-13-9)15-12-6-11(7-12)14-2/h4-5,8,11-12H,3,6-7H2,1-2H3. The van der Waals surface area contributed by atoms with Crippen LogP contribution in [0.25, 0.3) is 0 Å². The number of nitrogens with zero attached hydrogens (tertiary/aromatic N) is 1. The number of ether oxygens (including phenoxy) is 2. The highest BCUT2D eigenvalue weighted by Gasteiger charge is 2.30. The third-order valence-corrected chi connectivity index (χ3v) is 2.85. The number of aryl methyl sites for hydroxylation is 1. The van der Waals surface area contributed by atoms with E-state index >= 15 is 0 Å². The summed E-state index contributed by atoms with van der Waals surface area (Å²) >= 11 is 0. The van der Waals surface area contributed by atoms with E-state index in [1.54, 1.807) is 13.3 Å². The van der Waals surface area contributed by atoms with Gasteiger partial charge in [0.15, 0.2) is 0 Å². The molecule has 0 N–H and O–H groups in total. The van der Waals surface area contributed by atoms with E-state index in [2.05, 4.69) is 11.9 Å². The number of hydrogen-bond donors (Lipinski definition) is 0. The van der Waals surface area contributed by atoms with Gasteiger partial charge in [-0.05, 0) is 18.6 Å². The van der Waals surface area contributed by atoms with E-state index in [0.29, 0.717) is 12.2 Å². The lowest BCUT2D eigenvalue weighted by molar-refractivity contribution is -0.0382. The second-order valence-corrected chi connectivity index (χ2v) is 3.91. The first-order valence-electron chi connectivity index (χ1n) is 5.46. The summed E-state index contributed by atoms with van der Waals surface area (Å²) in [6.07, 6.45) is 5.45. The van der Waals surface area contributed by atoms with Crippen LogP contribution in [-0.2, 0) is 11.2 Å². The molecule has 1 heterocycles. The lowest BCUT2D eigenvalue weighted by Crippen LogP contribution is -2.38. The Morgan fingerprint density at radius 3 is 2.67 bits per heavy atom. The van der Waals surface area contributed by atoms with Crippen molar-refractivity contribution in [2.45, 2.75) is 38.4 Å². The van der Waals surface area contributed by atoms with E-state index in [1.807, 2.05) is 12.1 Å². The Morgan fingerprint density at radius 2 is 2.13 bits per heavy atom. The van der Waals surface area contributed by atoms with Crippen LogP contribution in [0, 0.1) is 0 Å². The summed E-state index contributed by atoms with van der Waals surface area (Å²) in [6, 6.07) is 4.01. The first-order chi connectivity index (χ1) is 7.31. The molecule has 3 nitrogen and oxygen atoms in total. The minimum atomic E-state index is 0.309. The fraction of sp³-hybridized carbons (Fsp3) is 0.583. The molecular weight excluding hydrogens is 190 g/mol. The number of rotatable bonds is 4. The molecule has 0 bridgehead atoms. The molecule has 3 heteroatoms. The minimum Gasteiger partial charge on any atom is -0.489 e. The van der Waals surface area contributed by atoms with E-state index in [0.717, 1.165) is 30.7 Å². The van der Waals surface area contributed by atoms with Gasteiger partial charge >= 0.3 is 0 Å². The van der Waals surface area contributed by atoms with Gasteiger partial charge in [-0.15, -0.1) is 0 Å². The lowest BCUT2D eigenvalue weighted by atomic mass is 9.92. The number of aromatic nitrogens is 1. The van der Waals surface area contributed by atoms with Gasteiger partial charge in [0.05, 0.1) is 12.3 Å². The maximum Gasteiger partial charge on any atom is 0.138 e. The fourth-order valence-corrected chi connectivity index (χ4v) is 1.69. The van der Waals surface area contributed by atoms with Crippen molar-refractivity contribution in [2.24, 2.45) is 0 Å². The maximum absolute atomic E-state index is 5.74. The predicted molar refractivity (Wildman–Crippen MR) is 58.1 cm³/mol. The lowest BCUT2D eigenvalue weighted by Gasteiger charge is -2.34. The molecule has 0 amide bonds. The van der Waals surface area contributed by atoms with Crippen LogP contribution in [0.3, 0.4) is 0 Å². The Labute approximate surface area is 90.4 Å². The third-order valence-electron chi connectivity index (χ3n) is 2.85. The van der Waals surface area contributed by atoms with Crippen LogP contribution in [0.15, 0.2) is 18.3 Å². The van der Waals surface area contributed by atoms with Gasteiger partial charge in [0.25, 0.3) is 0 Å². The molecule has 1 aliphatic carbocycles. The Hall–Kier alpha value is -1.09. The molecule has 1 aromatic heterocycles. The van der Waals surface area contributed by atoms with Crippen LogP contribution in [0.4, 0.5) is 0 Å². The average molecular weight is 207 g/mol. The Kier molecular flexibility index (Phi) is 3.21. The molecule has 0 aromatic carbocycles. The first kappa shape index (κ1) is 10.4. The van der Waals surface area contributed by atoms with Crippen molar-refractivity contribution in [3.63, 3.8) is 0 Å². The van der Waals surface area contributed by atoms with Gasteiger partial charge in [-0.1, -0.05) is 6.92 Å². The molecule has 0 aliphatic heterocycles. The van der Waals surface area contributed by atoms with Gasteiger partial charge < -0.3 is 9.47 Å². The summed E-state index contributed by atoms with van der Waals surface area (Å²) in [7, 11) is 1.75. The van der Waals surface area contributed by atoms with Crippen LogP contribution >= 0.6 is 0 Å². The second-order valence-electron chi connectivity index (χ2n) is 3.91. The topological polar surface area (TPSA) is 31.4 Å². The monoisotopic (exact) mass is 207 g/mol. The van der Waals surface area contributed by atoms with Crippen LogP contribution in [0.2, 0.25) is 0 Å². The summed E-state index contributed by atoms with van der Waals surface area (Å²) < 4.78 is 10.9. The first-order valence-corrected chi connectivity index (χ1v) is 5.46. The van der Waals surface area contributed by atoms with E-state index in [1.165, 1.54) is 0 Å². The molecule has 0 atom stereocenters. The second kappa shape index (κ2) is 4.62. The molecule has 2 rings (SSSR count). The highest BCUT2D eigenvalue weighted by molar-refractivity contribution is 5.20. The number of hydrogen-bond acceptors (Lipinski definition) is 3. The molecule has 0 unspecified atom stereocenters. The maximum atomic E-state index is 5.74. The molecular formula is C12H17NO2. The summed E-state index contributed by atoms with van der Waals surface area (Å²) in [5.41, 5.74) is 1.10. The summed E-state index contributed by atoms with van der Waals surface area (Å²) in [6.45, 7) is 2.10. The van der Waals surface area contributed by atoms with Gasteiger partial charge in [-0.2, -0.15) is 0 Å². The summed E-state index contributed by atoms with van der Waals surface area (Å²) in [5, 5.41) is 0. The smallest absolute Gasteiger partial charge is 0.138 e. The Morgan fingerprint density at radius 1 is 1.33 bits per heavy atom. The van der Waals surface area contributed by atoms with E-state index < -0.39 is 0 Å². The van der Waals surface area contributed by atoms with Crippen LogP contribution < -0.4 is 4.74 Å². The van der Waals surface area contributed by atoms with Crippen molar-refractivity contribution in [2.75, 3.05) is 7.11 Å². The predicted octanol–water partition coefficient (Wildman–Crippen LogP) is 2.20. The Balaban J connectivity index is 1.84. The molecule has 1 fully saturated rings. The number of methoxy groups -OCH3 is 1. The quantitative estimate of drug-likeness (QED) is 0.758. The van der Waals surface area contributed by atoms with Crippen molar-refractivity contribution in [1.29, 1.82) is 0 Å². The van der Waals surface area contributed by atoms with Gasteiger partial charge in [-0.3, -0.25) is 4.98 Å².